The molecule has 1 fully saturated rings. The van der Waals surface area contributed by atoms with E-state index in [0.717, 1.165) is 49.2 Å². The number of aromatic nitrogens is 4. The molecule has 0 spiro atoms. The number of fused-ring (bicyclic) bond motifs is 1. The predicted octanol–water partition coefficient (Wildman–Crippen LogP) is 5.48. The van der Waals surface area contributed by atoms with Gasteiger partial charge in [-0.15, -0.1) is 0 Å². The van der Waals surface area contributed by atoms with Crippen molar-refractivity contribution in [3.05, 3.63) is 58.6 Å². The van der Waals surface area contributed by atoms with Gasteiger partial charge in [0.15, 0.2) is 17.4 Å². The number of nitrogens with one attached hydrogen (secondary N) is 2. The Morgan fingerprint density at radius 1 is 1.17 bits per heavy atom. The summed E-state index contributed by atoms with van der Waals surface area (Å²) in [5.41, 5.74) is 3.52. The number of hydrogen-bond acceptors (Lipinski definition) is 7. The van der Waals surface area contributed by atoms with E-state index in [1.807, 2.05) is 50.3 Å². The molecule has 0 atom stereocenters. The van der Waals surface area contributed by atoms with Gasteiger partial charge in [-0.2, -0.15) is 15.1 Å². The van der Waals surface area contributed by atoms with Gasteiger partial charge in [-0.05, 0) is 50.8 Å². The second-order valence-corrected chi connectivity index (χ2v) is 8.87. The Morgan fingerprint density at radius 2 is 2.00 bits per heavy atom. The maximum absolute atomic E-state index is 15.2. The highest BCUT2D eigenvalue weighted by molar-refractivity contribution is 5.66. The zero-order chi connectivity index (χ0) is 24.4. The summed E-state index contributed by atoms with van der Waals surface area (Å²) in [6.45, 7) is 5.52. The molecule has 3 aromatic rings. The lowest BCUT2D eigenvalue weighted by Crippen LogP contribution is -2.37. The Hall–Kier alpha value is -3.72. The fourth-order valence-corrected chi connectivity index (χ4v) is 4.50. The van der Waals surface area contributed by atoms with Crippen LogP contribution in [0.2, 0.25) is 0 Å². The molecule has 0 saturated carbocycles. The van der Waals surface area contributed by atoms with Crippen LogP contribution in [0, 0.1) is 5.82 Å². The molecule has 182 valence electrons. The number of anilines is 3. The highest BCUT2D eigenvalue weighted by atomic mass is 19.1. The molecule has 1 aliphatic heterocycles. The molecule has 2 aliphatic rings. The first kappa shape index (κ1) is 23.0. The van der Waals surface area contributed by atoms with E-state index in [4.69, 9.17) is 9.47 Å². The van der Waals surface area contributed by atoms with E-state index >= 15 is 4.39 Å². The molecule has 9 heteroatoms. The van der Waals surface area contributed by atoms with E-state index in [-0.39, 0.29) is 17.9 Å². The van der Waals surface area contributed by atoms with Crippen molar-refractivity contribution in [1.29, 1.82) is 0 Å². The number of H-pyrrole nitrogens is 1. The van der Waals surface area contributed by atoms with Gasteiger partial charge in [-0.25, -0.2) is 4.39 Å². The third-order valence-electron chi connectivity index (χ3n) is 6.29. The first-order valence-electron chi connectivity index (χ1n) is 11.8. The Morgan fingerprint density at radius 3 is 2.77 bits per heavy atom. The fourth-order valence-electron chi connectivity index (χ4n) is 4.50. The van der Waals surface area contributed by atoms with Gasteiger partial charge in [-0.3, -0.25) is 5.10 Å². The molecule has 2 aromatic heterocycles. The van der Waals surface area contributed by atoms with Crippen LogP contribution < -0.4 is 15.0 Å². The van der Waals surface area contributed by atoms with Gasteiger partial charge in [0.2, 0.25) is 0 Å². The lowest BCUT2D eigenvalue weighted by atomic mass is 10.1. The van der Waals surface area contributed by atoms with E-state index < -0.39 is 5.82 Å². The number of rotatable bonds is 7. The third kappa shape index (κ3) is 5.05. The van der Waals surface area contributed by atoms with Gasteiger partial charge >= 0.3 is 6.01 Å². The number of piperidine rings is 1. The number of methoxy groups -OCH3 is 1. The van der Waals surface area contributed by atoms with Crippen molar-refractivity contribution in [2.45, 2.75) is 39.2 Å². The topological polar surface area (TPSA) is 88.2 Å². The predicted molar refractivity (Wildman–Crippen MR) is 135 cm³/mol. The molecule has 0 unspecified atom stereocenters. The largest absolute Gasteiger partial charge is 0.421 e. The van der Waals surface area contributed by atoms with Crippen LogP contribution in [0.15, 0.2) is 35.9 Å². The molecule has 0 bridgehead atoms. The van der Waals surface area contributed by atoms with Crippen molar-refractivity contribution in [2.75, 3.05) is 30.4 Å². The van der Waals surface area contributed by atoms with Crippen LogP contribution in [0.1, 0.15) is 43.5 Å². The molecule has 2 N–H and O–H groups in total. The molecule has 8 nitrogen and oxygen atoms in total. The number of nitrogens with zero attached hydrogens (tertiary/aromatic N) is 4. The summed E-state index contributed by atoms with van der Waals surface area (Å²) in [6, 6.07) is 7.34. The fraction of sp³-hybridized carbons (Fsp3) is 0.346. The van der Waals surface area contributed by atoms with E-state index in [2.05, 4.69) is 30.4 Å². The number of benzene rings is 1. The summed E-state index contributed by atoms with van der Waals surface area (Å²) < 4.78 is 26.6. The van der Waals surface area contributed by atoms with Gasteiger partial charge in [0.1, 0.15) is 11.6 Å². The van der Waals surface area contributed by atoms with Crippen molar-refractivity contribution in [2.24, 2.45) is 0 Å². The smallest absolute Gasteiger partial charge is 0.326 e. The number of aromatic amines is 1. The van der Waals surface area contributed by atoms with Crippen LogP contribution in [0.5, 0.6) is 11.8 Å². The van der Waals surface area contributed by atoms with E-state index in [9.17, 15) is 0 Å². The highest BCUT2D eigenvalue weighted by Gasteiger charge is 2.23. The highest BCUT2D eigenvalue weighted by Crippen LogP contribution is 2.34. The van der Waals surface area contributed by atoms with Crippen LogP contribution in [0.3, 0.4) is 0 Å². The summed E-state index contributed by atoms with van der Waals surface area (Å²) in [7, 11) is 1.74. The lowest BCUT2D eigenvalue weighted by molar-refractivity contribution is 0.0818. The zero-order valence-electron chi connectivity index (χ0n) is 20.1. The second-order valence-electron chi connectivity index (χ2n) is 8.87. The van der Waals surface area contributed by atoms with E-state index in [0.29, 0.717) is 23.0 Å². The molecule has 0 amide bonds. The van der Waals surface area contributed by atoms with Gasteiger partial charge in [0, 0.05) is 37.9 Å². The van der Waals surface area contributed by atoms with E-state index in [1.54, 1.807) is 13.2 Å². The molecule has 35 heavy (non-hydrogen) atoms. The number of halogens is 1. The summed E-state index contributed by atoms with van der Waals surface area (Å²) >= 11 is 0. The summed E-state index contributed by atoms with van der Waals surface area (Å²) in [5.74, 6) is 1.53. The molecule has 5 rings (SSSR count). The molecule has 1 saturated heterocycles. The first-order chi connectivity index (χ1) is 17.0. The van der Waals surface area contributed by atoms with Crippen molar-refractivity contribution >= 4 is 29.6 Å². The Kier molecular flexibility index (Phi) is 6.50. The van der Waals surface area contributed by atoms with Crippen LogP contribution >= 0.6 is 0 Å². The van der Waals surface area contributed by atoms with Crippen molar-refractivity contribution < 1.29 is 13.9 Å². The Balaban J connectivity index is 1.45. The normalized spacial score (nSPS) is 16.0. The number of hydrogen-bond donors (Lipinski definition) is 2. The second kappa shape index (κ2) is 9.87. The SMILES string of the molecule is C/C=C/c1cc(Nc2cc(N3CCC(OC)CC3)nc(Oc3ccc4c(c3F)C=C(C)C4)n2)n[nH]1. The summed E-state index contributed by atoms with van der Waals surface area (Å²) in [6.07, 6.45) is 8.51. The molecule has 0 radical (unpaired) electrons. The van der Waals surface area contributed by atoms with Gasteiger partial charge in [0.25, 0.3) is 0 Å². The minimum absolute atomic E-state index is 0.0700. The van der Waals surface area contributed by atoms with E-state index in [1.165, 1.54) is 0 Å². The molecular formula is C26H29FN6O2. The third-order valence-corrected chi connectivity index (χ3v) is 6.29. The van der Waals surface area contributed by atoms with Crippen LogP contribution in [0.25, 0.3) is 12.2 Å². The minimum Gasteiger partial charge on any atom is -0.421 e. The molecule has 1 aromatic carbocycles. The van der Waals surface area contributed by atoms with Crippen molar-refractivity contribution in [3.8, 4) is 11.8 Å². The summed E-state index contributed by atoms with van der Waals surface area (Å²) in [5, 5.41) is 10.4. The van der Waals surface area contributed by atoms with Gasteiger partial charge in [-0.1, -0.05) is 23.8 Å². The number of allylic oxidation sites excluding steroid dienone is 2. The number of ether oxygens (including phenoxy) is 2. The van der Waals surface area contributed by atoms with Gasteiger partial charge in [0.05, 0.1) is 11.8 Å². The first-order valence-corrected chi connectivity index (χ1v) is 11.8. The average Bonchev–Trinajstić information content (AvgIpc) is 3.47. The van der Waals surface area contributed by atoms with Crippen LogP contribution in [0.4, 0.5) is 21.8 Å². The van der Waals surface area contributed by atoms with Gasteiger partial charge < -0.3 is 19.7 Å². The lowest BCUT2D eigenvalue weighted by Gasteiger charge is -2.32. The van der Waals surface area contributed by atoms with Crippen LogP contribution in [-0.4, -0.2) is 46.5 Å². The molecular weight excluding hydrogens is 447 g/mol. The average molecular weight is 477 g/mol. The van der Waals surface area contributed by atoms with Crippen molar-refractivity contribution in [3.63, 3.8) is 0 Å². The molecule has 3 heterocycles. The summed E-state index contributed by atoms with van der Waals surface area (Å²) in [4.78, 5) is 11.3. The zero-order valence-corrected chi connectivity index (χ0v) is 20.1. The molecule has 1 aliphatic carbocycles. The quantitative estimate of drug-likeness (QED) is 0.467. The maximum Gasteiger partial charge on any atom is 0.326 e. The Labute approximate surface area is 203 Å². The minimum atomic E-state index is -0.396. The van der Waals surface area contributed by atoms with Crippen molar-refractivity contribution in [1.82, 2.24) is 20.2 Å². The van der Waals surface area contributed by atoms with Crippen LogP contribution in [-0.2, 0) is 11.2 Å². The Bertz CT molecular complexity index is 1280. The maximum atomic E-state index is 15.2. The monoisotopic (exact) mass is 476 g/mol. The standard InChI is InChI=1S/C26H29FN6O2/c1-4-5-18-14-23(32-31-18)28-22-15-24(33-10-8-19(34-3)9-11-33)30-26(29-22)35-21-7-6-17-12-16(2)13-20(17)25(21)27/h4-7,13-15,19H,8-12H2,1-3H3,(H2,28,29,30,31,32)/b5-4+.